The molecule has 3 N–H and O–H groups in total. The number of rotatable bonds is 5. The molecule has 180 valence electrons. The zero-order chi connectivity index (χ0) is 23.7. The molecule has 3 aromatic heterocycles. The van der Waals surface area contributed by atoms with Crippen LogP contribution in [0.25, 0.3) is 10.2 Å². The van der Waals surface area contributed by atoms with Crippen LogP contribution in [0.4, 0.5) is 5.69 Å². The number of pyridine rings is 1. The van der Waals surface area contributed by atoms with Crippen molar-refractivity contribution in [3.63, 3.8) is 0 Å². The molecule has 9 nitrogen and oxygen atoms in total. The summed E-state index contributed by atoms with van der Waals surface area (Å²) in [5, 5.41) is 21.2. The zero-order valence-electron chi connectivity index (χ0n) is 19.1. The minimum absolute atomic E-state index is 0.0607. The standard InChI is InChI=1S/C24H29N5O4S/c1-14-19-12-21(34-24(19)29(28-14)17-8-10-33-11-9-17)23(32)27-16-4-7-20(25-13-16)22(31)26-15-2-5-18(30)6-3-15/h4,7,12-13,15,17-18,30H,2-3,5-6,8-11H2,1H3,(H,26,31)(H,27,32). The molecule has 5 rings (SSSR count). The summed E-state index contributed by atoms with van der Waals surface area (Å²) in [7, 11) is 0. The summed E-state index contributed by atoms with van der Waals surface area (Å²) in [6.07, 6.45) is 6.01. The third-order valence-electron chi connectivity index (χ3n) is 6.61. The fraction of sp³-hybridized carbons (Fsp3) is 0.500. The number of nitrogens with zero attached hydrogens (tertiary/aromatic N) is 3. The second-order valence-corrected chi connectivity index (χ2v) is 10.1. The summed E-state index contributed by atoms with van der Waals surface area (Å²) in [5.41, 5.74) is 1.75. The highest BCUT2D eigenvalue weighted by molar-refractivity contribution is 7.20. The predicted octanol–water partition coefficient (Wildman–Crippen LogP) is 3.44. The number of ether oxygens (including phenoxy) is 1. The van der Waals surface area contributed by atoms with Crippen LogP contribution in [0, 0.1) is 6.92 Å². The molecule has 4 heterocycles. The van der Waals surface area contributed by atoms with E-state index in [-0.39, 0.29) is 24.0 Å². The van der Waals surface area contributed by atoms with Gasteiger partial charge in [-0.1, -0.05) is 0 Å². The number of amides is 2. The Morgan fingerprint density at radius 2 is 1.88 bits per heavy atom. The molecule has 10 heteroatoms. The molecular weight excluding hydrogens is 454 g/mol. The Morgan fingerprint density at radius 3 is 2.59 bits per heavy atom. The van der Waals surface area contributed by atoms with E-state index in [2.05, 4.69) is 20.3 Å². The van der Waals surface area contributed by atoms with Crippen molar-refractivity contribution < 1.29 is 19.4 Å². The van der Waals surface area contributed by atoms with E-state index in [9.17, 15) is 14.7 Å². The minimum atomic E-state index is -0.264. The molecule has 1 aliphatic carbocycles. The summed E-state index contributed by atoms with van der Waals surface area (Å²) >= 11 is 1.44. The van der Waals surface area contributed by atoms with E-state index < -0.39 is 0 Å². The largest absolute Gasteiger partial charge is 0.393 e. The summed E-state index contributed by atoms with van der Waals surface area (Å²) in [6, 6.07) is 5.55. The van der Waals surface area contributed by atoms with Crippen LogP contribution in [-0.4, -0.2) is 57.0 Å². The fourth-order valence-corrected chi connectivity index (χ4v) is 5.76. The molecular formula is C24H29N5O4S. The average molecular weight is 484 g/mol. The monoisotopic (exact) mass is 483 g/mol. The highest BCUT2D eigenvalue weighted by Crippen LogP contribution is 2.33. The van der Waals surface area contributed by atoms with Gasteiger partial charge in [0.15, 0.2) is 0 Å². The number of aliphatic hydroxyl groups is 1. The van der Waals surface area contributed by atoms with Crippen LogP contribution in [0.5, 0.6) is 0 Å². The molecule has 0 spiro atoms. The lowest BCUT2D eigenvalue weighted by Crippen LogP contribution is -2.38. The molecule has 0 aromatic carbocycles. The SMILES string of the molecule is Cc1nn(C2CCOCC2)c2sc(C(=O)Nc3ccc(C(=O)NC4CCC(O)CC4)nc3)cc12. The molecule has 0 bridgehead atoms. The molecule has 0 atom stereocenters. The van der Waals surface area contributed by atoms with Crippen molar-refractivity contribution in [1.29, 1.82) is 0 Å². The lowest BCUT2D eigenvalue weighted by atomic mass is 9.93. The Morgan fingerprint density at radius 1 is 1.12 bits per heavy atom. The van der Waals surface area contributed by atoms with Gasteiger partial charge in [-0.25, -0.2) is 4.98 Å². The van der Waals surface area contributed by atoms with Gasteiger partial charge >= 0.3 is 0 Å². The highest BCUT2D eigenvalue weighted by atomic mass is 32.1. The van der Waals surface area contributed by atoms with Gasteiger partial charge in [-0.15, -0.1) is 11.3 Å². The van der Waals surface area contributed by atoms with E-state index in [1.165, 1.54) is 17.5 Å². The van der Waals surface area contributed by atoms with Crippen LogP contribution >= 0.6 is 11.3 Å². The number of anilines is 1. The van der Waals surface area contributed by atoms with Crippen LogP contribution < -0.4 is 10.6 Å². The Kier molecular flexibility index (Phi) is 6.62. The summed E-state index contributed by atoms with van der Waals surface area (Å²) in [5.74, 6) is -0.448. The van der Waals surface area contributed by atoms with Crippen LogP contribution in [0.1, 0.15) is 70.4 Å². The summed E-state index contributed by atoms with van der Waals surface area (Å²) in [6.45, 7) is 3.43. The number of thiophene rings is 1. The van der Waals surface area contributed by atoms with Crippen LogP contribution in [0.2, 0.25) is 0 Å². The Labute approximate surface area is 201 Å². The molecule has 34 heavy (non-hydrogen) atoms. The first-order chi connectivity index (χ1) is 16.5. The van der Waals surface area contributed by atoms with Crippen molar-refractivity contribution in [3.8, 4) is 0 Å². The summed E-state index contributed by atoms with van der Waals surface area (Å²) in [4.78, 5) is 31.2. The first-order valence-electron chi connectivity index (χ1n) is 11.8. The molecule has 2 fully saturated rings. The van der Waals surface area contributed by atoms with E-state index in [0.29, 0.717) is 35.1 Å². The number of carbonyl (C=O) groups is 2. The Hall–Kier alpha value is -2.82. The van der Waals surface area contributed by atoms with Gasteiger partial charge in [-0.05, 0) is 63.6 Å². The normalized spacial score (nSPS) is 21.5. The zero-order valence-corrected chi connectivity index (χ0v) is 19.9. The maximum absolute atomic E-state index is 12.9. The van der Waals surface area contributed by atoms with Crippen molar-refractivity contribution in [2.24, 2.45) is 0 Å². The number of aryl methyl sites for hydroxylation is 1. The Bertz CT molecular complexity index is 1170. The van der Waals surface area contributed by atoms with Crippen molar-refractivity contribution >= 4 is 39.1 Å². The van der Waals surface area contributed by atoms with Crippen molar-refractivity contribution in [1.82, 2.24) is 20.1 Å². The van der Waals surface area contributed by atoms with Crippen molar-refractivity contribution in [2.45, 2.75) is 63.6 Å². The first-order valence-corrected chi connectivity index (χ1v) is 12.6. The van der Waals surface area contributed by atoms with E-state index in [4.69, 9.17) is 9.84 Å². The number of hydrogen-bond donors (Lipinski definition) is 3. The van der Waals surface area contributed by atoms with Gasteiger partial charge in [0.1, 0.15) is 10.5 Å². The van der Waals surface area contributed by atoms with E-state index in [1.54, 1.807) is 12.1 Å². The number of carbonyl (C=O) groups excluding carboxylic acids is 2. The number of aromatic nitrogens is 3. The third-order valence-corrected chi connectivity index (χ3v) is 7.74. The number of fused-ring (bicyclic) bond motifs is 1. The van der Waals surface area contributed by atoms with E-state index >= 15 is 0 Å². The molecule has 1 aliphatic heterocycles. The van der Waals surface area contributed by atoms with Gasteiger partial charge < -0.3 is 20.5 Å². The molecule has 0 radical (unpaired) electrons. The number of hydrogen-bond acceptors (Lipinski definition) is 7. The average Bonchev–Trinajstić information content (AvgIpc) is 3.42. The van der Waals surface area contributed by atoms with Crippen LogP contribution in [0.15, 0.2) is 24.4 Å². The molecule has 2 aliphatic rings. The lowest BCUT2D eigenvalue weighted by molar-refractivity contribution is 0.0675. The quantitative estimate of drug-likeness (QED) is 0.512. The second kappa shape index (κ2) is 9.81. The number of nitrogens with one attached hydrogen (secondary N) is 2. The smallest absolute Gasteiger partial charge is 0.270 e. The molecule has 1 saturated carbocycles. The predicted molar refractivity (Wildman–Crippen MR) is 129 cm³/mol. The highest BCUT2D eigenvalue weighted by Gasteiger charge is 2.24. The van der Waals surface area contributed by atoms with Gasteiger partial charge in [0.25, 0.3) is 11.8 Å². The molecule has 2 amide bonds. The van der Waals surface area contributed by atoms with Crippen molar-refractivity contribution in [3.05, 3.63) is 40.7 Å². The van der Waals surface area contributed by atoms with Crippen LogP contribution in [0.3, 0.4) is 0 Å². The fourth-order valence-electron chi connectivity index (χ4n) is 4.64. The van der Waals surface area contributed by atoms with Gasteiger partial charge in [0, 0.05) is 24.6 Å². The van der Waals surface area contributed by atoms with Gasteiger partial charge in [0.2, 0.25) is 0 Å². The van der Waals surface area contributed by atoms with E-state index in [1.807, 2.05) is 13.0 Å². The molecule has 0 unspecified atom stereocenters. The topological polar surface area (TPSA) is 118 Å². The maximum Gasteiger partial charge on any atom is 0.270 e. The summed E-state index contributed by atoms with van der Waals surface area (Å²) < 4.78 is 7.53. The maximum atomic E-state index is 12.9. The van der Waals surface area contributed by atoms with Gasteiger partial charge in [-0.2, -0.15) is 5.10 Å². The van der Waals surface area contributed by atoms with E-state index in [0.717, 1.165) is 54.8 Å². The second-order valence-electron chi connectivity index (χ2n) is 9.07. The van der Waals surface area contributed by atoms with Crippen molar-refractivity contribution in [2.75, 3.05) is 18.5 Å². The van der Waals surface area contributed by atoms with Crippen LogP contribution in [-0.2, 0) is 4.74 Å². The third kappa shape index (κ3) is 4.84. The Balaban J connectivity index is 1.24. The number of aliphatic hydroxyl groups excluding tert-OH is 1. The first kappa shape index (κ1) is 22.9. The minimum Gasteiger partial charge on any atom is -0.393 e. The lowest BCUT2D eigenvalue weighted by Gasteiger charge is -2.26. The van der Waals surface area contributed by atoms with Gasteiger partial charge in [-0.3, -0.25) is 14.3 Å². The molecule has 3 aromatic rings. The van der Waals surface area contributed by atoms with Gasteiger partial charge in [0.05, 0.1) is 34.6 Å². The molecule has 1 saturated heterocycles.